The summed E-state index contributed by atoms with van der Waals surface area (Å²) in [7, 11) is -3.79. The van der Waals surface area contributed by atoms with Gasteiger partial charge in [0.1, 0.15) is 5.82 Å². The summed E-state index contributed by atoms with van der Waals surface area (Å²) >= 11 is 0. The Morgan fingerprint density at radius 2 is 1.31 bits per heavy atom. The first-order valence-electron chi connectivity index (χ1n) is 11.2. The van der Waals surface area contributed by atoms with Crippen molar-refractivity contribution in [1.82, 2.24) is 5.32 Å². The van der Waals surface area contributed by atoms with Crippen LogP contribution < -0.4 is 9.62 Å². The second kappa shape index (κ2) is 11.0. The lowest BCUT2D eigenvalue weighted by atomic mass is 10.1. The summed E-state index contributed by atoms with van der Waals surface area (Å²) in [5, 5.41) is 2.85. The van der Waals surface area contributed by atoms with Crippen molar-refractivity contribution in [1.29, 1.82) is 0 Å². The molecule has 0 aliphatic heterocycles. The monoisotopic (exact) mass is 488 g/mol. The molecule has 0 atom stereocenters. The highest BCUT2D eigenvalue weighted by Gasteiger charge is 2.25. The minimum Gasteiger partial charge on any atom is -0.352 e. The van der Waals surface area contributed by atoms with Gasteiger partial charge in [-0.15, -0.1) is 0 Å². The number of hydrogen-bond donors (Lipinski definition) is 1. The lowest BCUT2D eigenvalue weighted by Crippen LogP contribution is -2.30. The highest BCUT2D eigenvalue weighted by atomic mass is 32.2. The Morgan fingerprint density at radius 3 is 1.94 bits per heavy atom. The minimum absolute atomic E-state index is 0.119. The van der Waals surface area contributed by atoms with Crippen molar-refractivity contribution in [3.8, 4) is 0 Å². The molecule has 0 saturated heterocycles. The van der Waals surface area contributed by atoms with Crippen LogP contribution in [-0.2, 0) is 23.0 Å². The van der Waals surface area contributed by atoms with Crippen LogP contribution in [0.2, 0.25) is 0 Å². The van der Waals surface area contributed by atoms with Crippen molar-refractivity contribution in [3.05, 3.63) is 132 Å². The molecule has 0 fully saturated rings. The summed E-state index contributed by atoms with van der Waals surface area (Å²) in [4.78, 5) is 12.7. The molecular formula is C28H25FN2O3S. The number of para-hydroxylation sites is 1. The van der Waals surface area contributed by atoms with Gasteiger partial charge in [0.2, 0.25) is 0 Å². The first-order valence-corrected chi connectivity index (χ1v) is 12.6. The van der Waals surface area contributed by atoms with E-state index in [0.29, 0.717) is 24.2 Å². The van der Waals surface area contributed by atoms with E-state index < -0.39 is 10.0 Å². The number of amides is 1. The maximum atomic E-state index is 13.4. The van der Waals surface area contributed by atoms with Crippen LogP contribution in [0.15, 0.2) is 114 Å². The van der Waals surface area contributed by atoms with Gasteiger partial charge in [0.25, 0.3) is 15.9 Å². The van der Waals surface area contributed by atoms with Gasteiger partial charge < -0.3 is 5.32 Å². The molecule has 5 nitrogen and oxygen atoms in total. The van der Waals surface area contributed by atoms with Gasteiger partial charge in [-0.3, -0.25) is 9.10 Å². The molecule has 4 rings (SSSR count). The average Bonchev–Trinajstić information content (AvgIpc) is 2.89. The number of hydrogen-bond acceptors (Lipinski definition) is 3. The van der Waals surface area contributed by atoms with Gasteiger partial charge in [-0.25, -0.2) is 12.8 Å². The highest BCUT2D eigenvalue weighted by molar-refractivity contribution is 7.92. The maximum absolute atomic E-state index is 13.4. The molecule has 1 N–H and O–H groups in total. The Balaban J connectivity index is 1.46. The summed E-state index contributed by atoms with van der Waals surface area (Å²) in [5.41, 5.74) is 2.71. The fraction of sp³-hybridized carbons (Fsp3) is 0.107. The van der Waals surface area contributed by atoms with Gasteiger partial charge in [0, 0.05) is 12.1 Å². The summed E-state index contributed by atoms with van der Waals surface area (Å²) in [5.74, 6) is -0.518. The fourth-order valence-electron chi connectivity index (χ4n) is 3.63. The smallest absolute Gasteiger partial charge is 0.264 e. The predicted molar refractivity (Wildman–Crippen MR) is 135 cm³/mol. The summed E-state index contributed by atoms with van der Waals surface area (Å²) < 4.78 is 41.2. The van der Waals surface area contributed by atoms with E-state index in [0.717, 1.165) is 11.1 Å². The third-order valence-electron chi connectivity index (χ3n) is 5.53. The SMILES string of the molecule is O=C(NCCc1ccc(F)cc1)c1ccc(CN(c2ccccc2)S(=O)(=O)c2ccccc2)cc1. The number of carbonyl (C=O) groups excluding carboxylic acids is 1. The molecule has 0 aliphatic rings. The van der Waals surface area contributed by atoms with Gasteiger partial charge >= 0.3 is 0 Å². The normalized spacial score (nSPS) is 11.1. The zero-order chi connectivity index (χ0) is 24.7. The number of rotatable bonds is 9. The zero-order valence-corrected chi connectivity index (χ0v) is 19.8. The van der Waals surface area contributed by atoms with Gasteiger partial charge in [-0.1, -0.05) is 60.7 Å². The second-order valence-corrected chi connectivity index (χ2v) is 9.85. The van der Waals surface area contributed by atoms with Crippen LogP contribution >= 0.6 is 0 Å². The summed E-state index contributed by atoms with van der Waals surface area (Å²) in [6.07, 6.45) is 0.591. The largest absolute Gasteiger partial charge is 0.352 e. The Morgan fingerprint density at radius 1 is 0.743 bits per heavy atom. The number of carbonyl (C=O) groups is 1. The quantitative estimate of drug-likeness (QED) is 0.352. The Kier molecular flexibility index (Phi) is 7.57. The molecular weight excluding hydrogens is 463 g/mol. The van der Waals surface area contributed by atoms with Crippen LogP contribution in [0.25, 0.3) is 0 Å². The highest BCUT2D eigenvalue weighted by Crippen LogP contribution is 2.25. The second-order valence-electron chi connectivity index (χ2n) is 7.99. The van der Waals surface area contributed by atoms with E-state index >= 15 is 0 Å². The molecule has 0 bridgehead atoms. The molecule has 7 heteroatoms. The molecule has 0 aromatic heterocycles. The molecule has 1 amide bonds. The van der Waals surface area contributed by atoms with E-state index in [2.05, 4.69) is 5.32 Å². The van der Waals surface area contributed by atoms with E-state index in [9.17, 15) is 17.6 Å². The molecule has 4 aromatic carbocycles. The lowest BCUT2D eigenvalue weighted by Gasteiger charge is -2.25. The number of sulfonamides is 1. The van der Waals surface area contributed by atoms with E-state index in [4.69, 9.17) is 0 Å². The number of nitrogens with zero attached hydrogens (tertiary/aromatic N) is 1. The fourth-order valence-corrected chi connectivity index (χ4v) is 5.10. The van der Waals surface area contributed by atoms with E-state index in [1.54, 1.807) is 91.0 Å². The third kappa shape index (κ3) is 6.13. The van der Waals surface area contributed by atoms with Crippen molar-refractivity contribution in [2.45, 2.75) is 17.9 Å². The maximum Gasteiger partial charge on any atom is 0.264 e. The van der Waals surface area contributed by atoms with Gasteiger partial charge in [-0.2, -0.15) is 0 Å². The van der Waals surface area contributed by atoms with Crippen LogP contribution in [0.3, 0.4) is 0 Å². The molecule has 0 saturated carbocycles. The first-order chi connectivity index (χ1) is 16.9. The predicted octanol–water partition coefficient (Wildman–Crippen LogP) is 5.19. The average molecular weight is 489 g/mol. The van der Waals surface area contributed by atoms with E-state index in [1.807, 2.05) is 6.07 Å². The van der Waals surface area contributed by atoms with Gasteiger partial charge in [-0.05, 0) is 66.1 Å². The molecule has 0 unspecified atom stereocenters. The zero-order valence-electron chi connectivity index (χ0n) is 19.0. The third-order valence-corrected chi connectivity index (χ3v) is 7.32. The molecule has 178 valence electrons. The standard InChI is InChI=1S/C28H25FN2O3S/c29-25-17-13-22(14-18-25)19-20-30-28(32)24-15-11-23(12-16-24)21-31(26-7-3-1-4-8-26)35(33,34)27-9-5-2-6-10-27/h1-18H,19-21H2,(H,30,32). The Bertz CT molecular complexity index is 1360. The lowest BCUT2D eigenvalue weighted by molar-refractivity contribution is 0.0954. The number of nitrogens with one attached hydrogen (secondary N) is 1. The van der Waals surface area contributed by atoms with Crippen LogP contribution in [-0.4, -0.2) is 20.9 Å². The molecule has 35 heavy (non-hydrogen) atoms. The Hall–Kier alpha value is -3.97. The topological polar surface area (TPSA) is 66.5 Å². The van der Waals surface area contributed by atoms with Crippen LogP contribution in [0, 0.1) is 5.82 Å². The van der Waals surface area contributed by atoms with Crippen molar-refractivity contribution in [2.75, 3.05) is 10.8 Å². The van der Waals surface area contributed by atoms with Crippen LogP contribution in [0.5, 0.6) is 0 Å². The van der Waals surface area contributed by atoms with E-state index in [-0.39, 0.29) is 23.2 Å². The van der Waals surface area contributed by atoms with Crippen molar-refractivity contribution >= 4 is 21.6 Å². The number of anilines is 1. The minimum atomic E-state index is -3.79. The Labute approximate surface area is 204 Å². The molecule has 4 aromatic rings. The number of benzene rings is 4. The number of halogens is 1. The van der Waals surface area contributed by atoms with Crippen LogP contribution in [0.4, 0.5) is 10.1 Å². The van der Waals surface area contributed by atoms with Crippen molar-refractivity contribution in [3.63, 3.8) is 0 Å². The van der Waals surface area contributed by atoms with E-state index in [1.165, 1.54) is 16.4 Å². The van der Waals surface area contributed by atoms with Gasteiger partial charge in [0.15, 0.2) is 0 Å². The molecule has 0 spiro atoms. The van der Waals surface area contributed by atoms with Crippen molar-refractivity contribution in [2.24, 2.45) is 0 Å². The van der Waals surface area contributed by atoms with Gasteiger partial charge in [0.05, 0.1) is 17.1 Å². The summed E-state index contributed by atoms with van der Waals surface area (Å²) in [6, 6.07) is 30.3. The first kappa shape index (κ1) is 24.2. The molecule has 0 radical (unpaired) electrons. The van der Waals surface area contributed by atoms with Crippen molar-refractivity contribution < 1.29 is 17.6 Å². The molecule has 0 heterocycles. The van der Waals surface area contributed by atoms with Crippen LogP contribution in [0.1, 0.15) is 21.5 Å². The molecule has 0 aliphatic carbocycles. The summed E-state index contributed by atoms with van der Waals surface area (Å²) in [6.45, 7) is 0.539.